The Balaban J connectivity index is 2.11. The van der Waals surface area contributed by atoms with Gasteiger partial charge in [0.25, 0.3) is 0 Å². The van der Waals surface area contributed by atoms with Gasteiger partial charge < -0.3 is 20.0 Å². The predicted octanol–water partition coefficient (Wildman–Crippen LogP) is 0.728. The third kappa shape index (κ3) is 5.64. The van der Waals surface area contributed by atoms with Gasteiger partial charge in [-0.25, -0.2) is 12.8 Å². The Bertz CT molecular complexity index is 896. The molecule has 0 aliphatic carbocycles. The third-order valence-corrected chi connectivity index (χ3v) is 5.95. The fourth-order valence-electron chi connectivity index (χ4n) is 2.37. The molecule has 152 valence electrons. The summed E-state index contributed by atoms with van der Waals surface area (Å²) in [5.41, 5.74) is 0. The normalized spacial score (nSPS) is 12.6. The summed E-state index contributed by atoms with van der Waals surface area (Å²) in [5, 5.41) is 3.49. The van der Waals surface area contributed by atoms with Crippen LogP contribution in [0.15, 0.2) is 52.0 Å². The summed E-state index contributed by atoms with van der Waals surface area (Å²) in [6.07, 6.45) is 1.30. The lowest BCUT2D eigenvalue weighted by Crippen LogP contribution is -2.43. The first-order chi connectivity index (χ1) is 13.2. The molecule has 1 unspecified atom stereocenters. The molecule has 28 heavy (non-hydrogen) atoms. The molecule has 0 aliphatic heterocycles. The van der Waals surface area contributed by atoms with E-state index in [1.54, 1.807) is 0 Å². The van der Waals surface area contributed by atoms with Crippen LogP contribution in [0.5, 0.6) is 0 Å². The van der Waals surface area contributed by atoms with Crippen LogP contribution in [-0.4, -0.2) is 58.9 Å². The molecule has 0 bridgehead atoms. The van der Waals surface area contributed by atoms with Crippen molar-refractivity contribution in [3.8, 4) is 0 Å². The molecule has 0 spiro atoms. The summed E-state index contributed by atoms with van der Waals surface area (Å²) < 4.78 is 44.2. The quantitative estimate of drug-likeness (QED) is 0.490. The second-order valence-corrected chi connectivity index (χ2v) is 8.40. The Labute approximate surface area is 162 Å². The van der Waals surface area contributed by atoms with Gasteiger partial charge >= 0.3 is 11.8 Å². The average molecular weight is 411 g/mol. The molecule has 0 aliphatic rings. The number of carbonyl (C=O) groups is 2. The largest absolute Gasteiger partial charge is 0.468 e. The summed E-state index contributed by atoms with van der Waals surface area (Å²) in [6, 6.07) is 7.30. The SMILES string of the molecule is CN(C)CCNC(=O)C(=O)NCC(c1ccco1)S(=O)(=O)c1ccc(F)cc1. The van der Waals surface area contributed by atoms with Crippen LogP contribution in [0.3, 0.4) is 0 Å². The molecule has 0 fully saturated rings. The minimum absolute atomic E-state index is 0.0950. The van der Waals surface area contributed by atoms with E-state index >= 15 is 0 Å². The lowest BCUT2D eigenvalue weighted by Gasteiger charge is -2.17. The van der Waals surface area contributed by atoms with Gasteiger partial charge in [-0.2, -0.15) is 0 Å². The maximum Gasteiger partial charge on any atom is 0.309 e. The van der Waals surface area contributed by atoms with E-state index in [4.69, 9.17) is 4.42 Å². The van der Waals surface area contributed by atoms with Crippen molar-refractivity contribution in [2.45, 2.75) is 10.1 Å². The fraction of sp³-hybridized carbons (Fsp3) is 0.333. The van der Waals surface area contributed by atoms with Crippen molar-refractivity contribution >= 4 is 21.7 Å². The predicted molar refractivity (Wildman–Crippen MR) is 99.6 cm³/mol. The van der Waals surface area contributed by atoms with E-state index in [1.807, 2.05) is 19.0 Å². The first kappa shape index (κ1) is 21.6. The molecule has 1 heterocycles. The van der Waals surface area contributed by atoms with E-state index in [2.05, 4.69) is 10.6 Å². The van der Waals surface area contributed by atoms with E-state index in [1.165, 1.54) is 18.4 Å². The molecule has 2 aromatic rings. The second-order valence-electron chi connectivity index (χ2n) is 6.27. The Morgan fingerprint density at radius 3 is 2.32 bits per heavy atom. The van der Waals surface area contributed by atoms with Crippen molar-refractivity contribution in [3.05, 3.63) is 54.2 Å². The van der Waals surface area contributed by atoms with Crippen molar-refractivity contribution in [1.82, 2.24) is 15.5 Å². The van der Waals surface area contributed by atoms with Crippen LogP contribution < -0.4 is 10.6 Å². The monoisotopic (exact) mass is 411 g/mol. The second kappa shape index (κ2) is 9.47. The van der Waals surface area contributed by atoms with Crippen molar-refractivity contribution in [1.29, 1.82) is 0 Å². The van der Waals surface area contributed by atoms with E-state index in [9.17, 15) is 22.4 Å². The minimum atomic E-state index is -4.00. The van der Waals surface area contributed by atoms with Crippen LogP contribution >= 0.6 is 0 Å². The highest BCUT2D eigenvalue weighted by atomic mass is 32.2. The molecule has 2 rings (SSSR count). The van der Waals surface area contributed by atoms with Crippen LogP contribution in [0, 0.1) is 5.82 Å². The maximum absolute atomic E-state index is 13.1. The molecule has 1 aromatic heterocycles. The number of benzene rings is 1. The van der Waals surface area contributed by atoms with Crippen LogP contribution in [0.25, 0.3) is 0 Å². The summed E-state index contributed by atoms with van der Waals surface area (Å²) in [7, 11) is -0.364. The molecular formula is C18H22FN3O5S. The van der Waals surface area contributed by atoms with Crippen LogP contribution in [0.4, 0.5) is 4.39 Å². The Kier molecular flexibility index (Phi) is 7.30. The van der Waals surface area contributed by atoms with Crippen molar-refractivity contribution in [2.24, 2.45) is 0 Å². The summed E-state index contributed by atoms with van der Waals surface area (Å²) in [4.78, 5) is 25.5. The van der Waals surface area contributed by atoms with Crippen LogP contribution in [0.1, 0.15) is 11.0 Å². The highest BCUT2D eigenvalue weighted by Crippen LogP contribution is 2.29. The number of carbonyl (C=O) groups excluding carboxylic acids is 2. The molecule has 8 nitrogen and oxygen atoms in total. The molecule has 0 saturated heterocycles. The number of rotatable bonds is 8. The van der Waals surface area contributed by atoms with Crippen molar-refractivity contribution in [3.63, 3.8) is 0 Å². The average Bonchev–Trinajstić information content (AvgIpc) is 3.15. The van der Waals surface area contributed by atoms with Gasteiger partial charge in [0.1, 0.15) is 16.8 Å². The molecule has 2 N–H and O–H groups in total. The van der Waals surface area contributed by atoms with Crippen LogP contribution in [0.2, 0.25) is 0 Å². The minimum Gasteiger partial charge on any atom is -0.468 e. The number of hydrogen-bond donors (Lipinski definition) is 2. The third-order valence-electron chi connectivity index (χ3n) is 3.88. The first-order valence-corrected chi connectivity index (χ1v) is 10.00. The standard InChI is InChI=1S/C18H22FN3O5S/c1-22(2)10-9-20-17(23)18(24)21-12-16(15-4-3-11-27-15)28(25,26)14-7-5-13(19)6-8-14/h3-8,11,16H,9-10,12H2,1-2H3,(H,20,23)(H,21,24). The van der Waals surface area contributed by atoms with Gasteiger partial charge in [-0.15, -0.1) is 0 Å². The molecule has 10 heteroatoms. The molecule has 0 radical (unpaired) electrons. The topological polar surface area (TPSA) is 109 Å². The van der Waals surface area contributed by atoms with Crippen molar-refractivity contribution in [2.75, 3.05) is 33.7 Å². The highest BCUT2D eigenvalue weighted by Gasteiger charge is 2.32. The van der Waals surface area contributed by atoms with Gasteiger partial charge in [0, 0.05) is 19.6 Å². The highest BCUT2D eigenvalue weighted by molar-refractivity contribution is 7.91. The number of furan rings is 1. The number of likely N-dealkylation sites (N-methyl/N-ethyl adjacent to an activating group) is 1. The van der Waals surface area contributed by atoms with E-state index in [-0.39, 0.29) is 23.7 Å². The molecule has 2 amide bonds. The first-order valence-electron chi connectivity index (χ1n) is 8.45. The Hall–Kier alpha value is -2.72. The fourth-order valence-corrected chi connectivity index (χ4v) is 3.95. The number of hydrogen-bond acceptors (Lipinski definition) is 6. The molecule has 1 atom stereocenters. The molecular weight excluding hydrogens is 389 g/mol. The van der Waals surface area contributed by atoms with Crippen molar-refractivity contribution < 1.29 is 26.8 Å². The van der Waals surface area contributed by atoms with E-state index in [0.29, 0.717) is 6.54 Å². The summed E-state index contributed by atoms with van der Waals surface area (Å²) in [5.74, 6) is -2.29. The lowest BCUT2D eigenvalue weighted by atomic mass is 10.3. The zero-order valence-corrected chi connectivity index (χ0v) is 16.3. The zero-order valence-electron chi connectivity index (χ0n) is 15.5. The number of amides is 2. The van der Waals surface area contributed by atoms with E-state index < -0.39 is 32.7 Å². The van der Waals surface area contributed by atoms with Gasteiger partial charge in [-0.05, 0) is 50.5 Å². The van der Waals surface area contributed by atoms with Gasteiger partial charge in [-0.1, -0.05) is 0 Å². The Morgan fingerprint density at radius 1 is 1.11 bits per heavy atom. The van der Waals surface area contributed by atoms with Gasteiger partial charge in [0.05, 0.1) is 11.2 Å². The maximum atomic E-state index is 13.1. The van der Waals surface area contributed by atoms with Gasteiger partial charge in [-0.3, -0.25) is 9.59 Å². The number of sulfone groups is 1. The number of nitrogens with zero attached hydrogens (tertiary/aromatic N) is 1. The summed E-state index contributed by atoms with van der Waals surface area (Å²) in [6.45, 7) is 0.439. The Morgan fingerprint density at radius 2 is 1.75 bits per heavy atom. The van der Waals surface area contributed by atoms with Crippen LogP contribution in [-0.2, 0) is 19.4 Å². The number of nitrogens with one attached hydrogen (secondary N) is 2. The molecule has 1 aromatic carbocycles. The lowest BCUT2D eigenvalue weighted by molar-refractivity contribution is -0.139. The van der Waals surface area contributed by atoms with E-state index in [0.717, 1.165) is 24.3 Å². The smallest absolute Gasteiger partial charge is 0.309 e. The number of halogens is 1. The van der Waals surface area contributed by atoms with Gasteiger partial charge in [0.2, 0.25) is 0 Å². The zero-order chi connectivity index (χ0) is 20.7. The summed E-state index contributed by atoms with van der Waals surface area (Å²) >= 11 is 0. The van der Waals surface area contributed by atoms with Gasteiger partial charge in [0.15, 0.2) is 9.84 Å². The molecule has 0 saturated carbocycles.